The second-order valence-electron chi connectivity index (χ2n) is 7.72. The summed E-state index contributed by atoms with van der Waals surface area (Å²) < 4.78 is 26.7. The number of carbonyl (C=O) groups excluding carboxylic acids is 1. The third-order valence-corrected chi connectivity index (χ3v) is 5.84. The summed E-state index contributed by atoms with van der Waals surface area (Å²) in [4.78, 5) is 12.5. The van der Waals surface area contributed by atoms with Gasteiger partial charge in [-0.15, -0.1) is 0 Å². The highest BCUT2D eigenvalue weighted by Gasteiger charge is 2.13. The molecule has 0 radical (unpaired) electrons. The van der Waals surface area contributed by atoms with Crippen LogP contribution in [0.15, 0.2) is 79.0 Å². The molecule has 0 aliphatic rings. The number of carbonyl (C=O) groups is 1. The van der Waals surface area contributed by atoms with Crippen molar-refractivity contribution in [1.29, 1.82) is 0 Å². The van der Waals surface area contributed by atoms with E-state index in [4.69, 9.17) is 32.7 Å². The van der Waals surface area contributed by atoms with Crippen molar-refractivity contribution in [3.05, 3.63) is 112 Å². The number of nitrogens with one attached hydrogen (secondary N) is 1. The van der Waals surface area contributed by atoms with Crippen molar-refractivity contribution in [2.45, 2.75) is 13.2 Å². The van der Waals surface area contributed by atoms with Crippen LogP contribution < -0.4 is 14.8 Å². The van der Waals surface area contributed by atoms with Crippen LogP contribution in [0.3, 0.4) is 0 Å². The van der Waals surface area contributed by atoms with Crippen molar-refractivity contribution in [2.75, 3.05) is 12.4 Å². The summed E-state index contributed by atoms with van der Waals surface area (Å²) in [5.74, 6) is 0.707. The van der Waals surface area contributed by atoms with Crippen molar-refractivity contribution in [3.63, 3.8) is 0 Å². The van der Waals surface area contributed by atoms with Gasteiger partial charge in [-0.1, -0.05) is 53.5 Å². The van der Waals surface area contributed by atoms with E-state index in [1.807, 2.05) is 48.5 Å². The van der Waals surface area contributed by atoms with Gasteiger partial charge >= 0.3 is 0 Å². The predicted molar refractivity (Wildman–Crippen MR) is 139 cm³/mol. The van der Waals surface area contributed by atoms with Gasteiger partial charge in [-0.05, 0) is 48.0 Å². The van der Waals surface area contributed by atoms with E-state index in [-0.39, 0.29) is 28.0 Å². The minimum atomic E-state index is -0.448. The second kappa shape index (κ2) is 11.7. The minimum Gasteiger partial charge on any atom is -0.496 e. The first-order valence-corrected chi connectivity index (χ1v) is 11.7. The standard InChI is InChI=1S/C27H22Cl2FN3O3/c1-35-25-12-10-18(14-19(25)17-36-20-6-3-2-4-7-20)11-13-26(34)31-27-23(29)16-33(32-27)15-21-22(28)8-5-9-24(21)30/h2-14,16H,15,17H2,1H3,(H,31,32,34)/b13-11+. The summed E-state index contributed by atoms with van der Waals surface area (Å²) in [7, 11) is 1.59. The molecule has 1 aromatic heterocycles. The predicted octanol–water partition coefficient (Wildman–Crippen LogP) is 6.62. The summed E-state index contributed by atoms with van der Waals surface area (Å²) in [5, 5.41) is 7.36. The Bertz CT molecular complexity index is 1370. The maximum Gasteiger partial charge on any atom is 0.249 e. The zero-order chi connectivity index (χ0) is 25.5. The van der Waals surface area contributed by atoms with Crippen LogP contribution in [-0.4, -0.2) is 22.8 Å². The molecule has 184 valence electrons. The average Bonchev–Trinajstić information content (AvgIpc) is 3.22. The van der Waals surface area contributed by atoms with Crippen molar-refractivity contribution < 1.29 is 18.7 Å². The van der Waals surface area contributed by atoms with Gasteiger partial charge in [-0.25, -0.2) is 4.39 Å². The number of hydrogen-bond acceptors (Lipinski definition) is 4. The molecule has 0 aliphatic carbocycles. The lowest BCUT2D eigenvalue weighted by atomic mass is 10.1. The Morgan fingerprint density at radius 2 is 1.89 bits per heavy atom. The first-order chi connectivity index (χ1) is 17.4. The summed E-state index contributed by atoms with van der Waals surface area (Å²) in [6.07, 6.45) is 4.52. The molecular formula is C27H22Cl2FN3O3. The highest BCUT2D eigenvalue weighted by molar-refractivity contribution is 6.33. The fourth-order valence-corrected chi connectivity index (χ4v) is 3.85. The SMILES string of the molecule is COc1ccc(/C=C/C(=O)Nc2nn(Cc3c(F)cccc3Cl)cc2Cl)cc1COc1ccccc1. The van der Waals surface area contributed by atoms with Crippen LogP contribution in [0.25, 0.3) is 6.08 Å². The molecule has 1 N–H and O–H groups in total. The Morgan fingerprint density at radius 3 is 2.64 bits per heavy atom. The number of halogens is 3. The van der Waals surface area contributed by atoms with E-state index < -0.39 is 11.7 Å². The minimum absolute atomic E-state index is 0.0661. The van der Waals surface area contributed by atoms with E-state index in [0.717, 1.165) is 16.9 Å². The fraction of sp³-hybridized carbons (Fsp3) is 0.111. The van der Waals surface area contributed by atoms with Crippen LogP contribution in [0.2, 0.25) is 10.0 Å². The maximum absolute atomic E-state index is 14.1. The van der Waals surface area contributed by atoms with Crippen LogP contribution in [0.1, 0.15) is 16.7 Å². The largest absolute Gasteiger partial charge is 0.496 e. The number of amides is 1. The van der Waals surface area contributed by atoms with Gasteiger partial charge in [0.2, 0.25) is 5.91 Å². The molecule has 1 amide bonds. The maximum atomic E-state index is 14.1. The molecule has 0 unspecified atom stereocenters. The van der Waals surface area contributed by atoms with E-state index in [1.54, 1.807) is 19.3 Å². The van der Waals surface area contributed by atoms with Crippen molar-refractivity contribution in [2.24, 2.45) is 0 Å². The van der Waals surface area contributed by atoms with E-state index in [0.29, 0.717) is 12.4 Å². The summed E-state index contributed by atoms with van der Waals surface area (Å²) >= 11 is 12.3. The average molecular weight is 526 g/mol. The third-order valence-electron chi connectivity index (χ3n) is 5.21. The van der Waals surface area contributed by atoms with Crippen molar-refractivity contribution in [1.82, 2.24) is 9.78 Å². The molecule has 3 aromatic carbocycles. The molecule has 1 heterocycles. The van der Waals surface area contributed by atoms with E-state index in [2.05, 4.69) is 10.4 Å². The first-order valence-electron chi connectivity index (χ1n) is 10.9. The fourth-order valence-electron chi connectivity index (χ4n) is 3.43. The quantitative estimate of drug-likeness (QED) is 0.249. The van der Waals surface area contributed by atoms with Gasteiger partial charge in [0.25, 0.3) is 0 Å². The molecule has 9 heteroatoms. The van der Waals surface area contributed by atoms with Gasteiger partial charge in [0.15, 0.2) is 5.82 Å². The molecule has 0 aliphatic heterocycles. The summed E-state index contributed by atoms with van der Waals surface area (Å²) in [6, 6.07) is 19.4. The van der Waals surface area contributed by atoms with Crippen LogP contribution >= 0.6 is 23.2 Å². The molecular weight excluding hydrogens is 504 g/mol. The molecule has 0 bridgehead atoms. The lowest BCUT2D eigenvalue weighted by molar-refractivity contribution is -0.111. The topological polar surface area (TPSA) is 65.4 Å². The molecule has 0 spiro atoms. The van der Waals surface area contributed by atoms with Gasteiger partial charge < -0.3 is 14.8 Å². The van der Waals surface area contributed by atoms with Crippen LogP contribution in [-0.2, 0) is 17.9 Å². The number of para-hydroxylation sites is 1. The Kier molecular flexibility index (Phi) is 8.25. The summed E-state index contributed by atoms with van der Waals surface area (Å²) in [6.45, 7) is 0.372. The van der Waals surface area contributed by atoms with Gasteiger partial charge in [-0.2, -0.15) is 5.10 Å². The molecule has 0 saturated heterocycles. The number of hydrogen-bond donors (Lipinski definition) is 1. The van der Waals surface area contributed by atoms with Crippen LogP contribution in [0, 0.1) is 5.82 Å². The van der Waals surface area contributed by atoms with Crippen molar-refractivity contribution >= 4 is 41.0 Å². The van der Waals surface area contributed by atoms with E-state index in [1.165, 1.54) is 29.1 Å². The molecule has 4 aromatic rings. The number of anilines is 1. The lowest BCUT2D eigenvalue weighted by Crippen LogP contribution is -2.10. The zero-order valence-electron chi connectivity index (χ0n) is 19.3. The molecule has 36 heavy (non-hydrogen) atoms. The Morgan fingerprint density at radius 1 is 1.08 bits per heavy atom. The second-order valence-corrected chi connectivity index (χ2v) is 8.53. The highest BCUT2D eigenvalue weighted by atomic mass is 35.5. The third kappa shape index (κ3) is 6.44. The van der Waals surface area contributed by atoms with Gasteiger partial charge in [-0.3, -0.25) is 9.48 Å². The molecule has 0 saturated carbocycles. The van der Waals surface area contributed by atoms with Gasteiger partial charge in [0.1, 0.15) is 28.9 Å². The monoisotopic (exact) mass is 525 g/mol. The van der Waals surface area contributed by atoms with Gasteiger partial charge in [0.05, 0.1) is 13.7 Å². The molecule has 0 fully saturated rings. The van der Waals surface area contributed by atoms with Gasteiger partial charge in [0, 0.05) is 28.4 Å². The first kappa shape index (κ1) is 25.3. The number of methoxy groups -OCH3 is 1. The lowest BCUT2D eigenvalue weighted by Gasteiger charge is -2.11. The smallest absolute Gasteiger partial charge is 0.249 e. The summed E-state index contributed by atoms with van der Waals surface area (Å²) in [5.41, 5.74) is 1.89. The number of rotatable bonds is 9. The number of ether oxygens (including phenoxy) is 2. The van der Waals surface area contributed by atoms with E-state index in [9.17, 15) is 9.18 Å². The Hall–Kier alpha value is -3.81. The van der Waals surface area contributed by atoms with Crippen molar-refractivity contribution in [3.8, 4) is 11.5 Å². The number of nitrogens with zero attached hydrogens (tertiary/aromatic N) is 2. The van der Waals surface area contributed by atoms with Crippen LogP contribution in [0.5, 0.6) is 11.5 Å². The number of benzene rings is 3. The Labute approximate surface area is 217 Å². The molecule has 6 nitrogen and oxygen atoms in total. The molecule has 0 atom stereocenters. The number of aromatic nitrogens is 2. The van der Waals surface area contributed by atoms with E-state index >= 15 is 0 Å². The zero-order valence-corrected chi connectivity index (χ0v) is 20.8. The Balaban J connectivity index is 1.41. The highest BCUT2D eigenvalue weighted by Crippen LogP contribution is 2.25. The normalized spacial score (nSPS) is 11.0. The molecule has 4 rings (SSSR count). The van der Waals surface area contributed by atoms with Crippen LogP contribution in [0.4, 0.5) is 10.2 Å².